The Morgan fingerprint density at radius 1 is 0.333 bits per heavy atom. The summed E-state index contributed by atoms with van der Waals surface area (Å²) in [6, 6.07) is 67.9. The molecule has 13 aromatic rings. The number of pyridine rings is 3. The Morgan fingerprint density at radius 2 is 0.676 bits per heavy atom. The first-order valence-electron chi connectivity index (χ1n) is 47.3. The Balaban J connectivity index is 0.000000131. The van der Waals surface area contributed by atoms with Gasteiger partial charge in [-0.25, -0.2) is 13.7 Å². The van der Waals surface area contributed by atoms with E-state index in [1.54, 1.807) is 19.3 Å². The van der Waals surface area contributed by atoms with Gasteiger partial charge in [0.2, 0.25) is 17.1 Å². The lowest BCUT2D eigenvalue weighted by molar-refractivity contribution is -0.660. The standard InChI is InChI=1S/C37H40N.C35H38N.C32H32NO/c1-25-11-7-8-14-30(25)36-23-33(26(2)24-38(36)3)29-16-18-32-31-17-15-28(27-12-5-4-6-13-27)21-34(31)37(35(32)22-29)19-9-10-20-37;1-23-11-9-10-14-28(23)34-21-31(24(2)22-36(34)5)27-16-18-30-29-17-15-26(25-12-7-6-8-13-25)19-32(29)35(3,4)33(30)20-27;1-21-9-7-8-12-26(21)30-19-29(22(2)20-33(30)3)25-14-16-28-27-15-13-24(23-10-5-4-6-11-23)17-31(27)34-32(28)18-25/h7-8,11,14-18,21-24,27H,4-6,9-10,12-13,19-20H2,1-3H3;9-11,14-22,25H,6-8,12-13H2,1-5H3;7-9,12-20,23H,4-6,10-11H2,1-3H3/q3*+1/i2D3,27D;2D3,3D3,25D;2D3,23D. The van der Waals surface area contributed by atoms with Crippen LogP contribution in [0, 0.1) is 41.3 Å². The molecule has 1 atom stereocenters. The Hall–Kier alpha value is -9.77. The van der Waals surface area contributed by atoms with E-state index >= 15 is 0 Å². The minimum absolute atomic E-state index is 0.0554. The van der Waals surface area contributed by atoms with Crippen LogP contribution in [0.3, 0.4) is 0 Å². The van der Waals surface area contributed by atoms with Gasteiger partial charge in [-0.15, -0.1) is 0 Å². The molecule has 0 saturated heterocycles. The zero-order chi connectivity index (χ0) is 86.9. The highest BCUT2D eigenvalue weighted by Gasteiger charge is 2.46. The number of fused-ring (bicyclic) bond motifs is 11. The molecule has 0 N–H and O–H groups in total. The fourth-order valence-electron chi connectivity index (χ4n) is 19.3. The number of rotatable bonds is 9. The largest absolute Gasteiger partial charge is 0.456 e. The predicted octanol–water partition coefficient (Wildman–Crippen LogP) is 26.6. The highest BCUT2D eigenvalue weighted by molar-refractivity contribution is 6.06. The van der Waals surface area contributed by atoms with Crippen molar-refractivity contribution >= 4 is 21.9 Å². The molecule has 0 amide bonds. The number of benzene rings is 9. The second-order valence-corrected chi connectivity index (χ2v) is 32.2. The fraction of sp³-hybridized carbons (Fsp3) is 0.337. The van der Waals surface area contributed by atoms with Gasteiger partial charge < -0.3 is 4.42 Å². The average Bonchev–Trinajstić information content (AvgIpc) is 1.57. The van der Waals surface area contributed by atoms with E-state index in [-0.39, 0.29) is 11.0 Å². The third-order valence-corrected chi connectivity index (χ3v) is 25.3. The summed E-state index contributed by atoms with van der Waals surface area (Å²) in [6.45, 7) is -1.26. The maximum Gasteiger partial charge on any atom is 0.213 e. The van der Waals surface area contributed by atoms with Crippen molar-refractivity contribution in [3.8, 4) is 89.4 Å². The summed E-state index contributed by atoms with van der Waals surface area (Å²) in [7, 11) is 5.69. The minimum Gasteiger partial charge on any atom is -0.456 e. The van der Waals surface area contributed by atoms with Crippen LogP contribution < -0.4 is 13.7 Å². The SMILES string of the molecule is [2H]C([2H])([2H])c1c[n+](C)c(-c2ccccc2C)cc1-c1ccc2c(c1)C(C)(C([2H])([2H])[2H])c1cc(C3([2H])CCCCC3)ccc1-2.[2H]C([2H])([2H])c1c[n+](C)c(-c2ccccc2C)cc1-c1ccc2c(c1)C1(CCCC1)c1cc(C3([2H])CCCCC3)ccc1-2.[2H]C([2H])([2H])c1c[n+](C)c(-c2ccccc2C)cc1-c1ccc2c(c1)oc1cc(C3([2H])CCCCC3)ccc12. The molecule has 6 aliphatic rings. The van der Waals surface area contributed by atoms with Gasteiger partial charge in [-0.1, -0.05) is 218 Å². The third-order valence-electron chi connectivity index (χ3n) is 25.3. The van der Waals surface area contributed by atoms with Crippen LogP contribution in [-0.2, 0) is 32.0 Å². The fourth-order valence-corrected chi connectivity index (χ4v) is 19.3. The van der Waals surface area contributed by atoms with E-state index in [2.05, 4.69) is 92.7 Å². The van der Waals surface area contributed by atoms with Crippen molar-refractivity contribution in [2.45, 2.75) is 206 Å². The first kappa shape index (κ1) is 55.6. The van der Waals surface area contributed by atoms with Gasteiger partial charge in [-0.05, 0) is 270 Å². The molecule has 4 saturated carbocycles. The number of hydrogen-bond donors (Lipinski definition) is 0. The van der Waals surface area contributed by atoms with E-state index in [4.69, 9.17) is 22.2 Å². The first-order valence-corrected chi connectivity index (χ1v) is 39.8. The van der Waals surface area contributed by atoms with E-state index in [1.165, 1.54) is 53.5 Å². The predicted molar refractivity (Wildman–Crippen MR) is 451 cm³/mol. The van der Waals surface area contributed by atoms with E-state index in [9.17, 15) is 2.74 Å². The molecule has 19 rings (SSSR count). The van der Waals surface area contributed by atoms with E-state index in [0.29, 0.717) is 33.4 Å². The number of aromatic nitrogens is 3. The molecule has 0 radical (unpaired) electrons. The lowest BCUT2D eigenvalue weighted by Gasteiger charge is -2.29. The second kappa shape index (κ2) is 29.3. The summed E-state index contributed by atoms with van der Waals surface area (Å²) in [5.41, 5.74) is 26.4. The molecule has 4 nitrogen and oxygen atoms in total. The molecule has 0 aliphatic heterocycles. The van der Waals surface area contributed by atoms with Crippen molar-refractivity contribution in [3.05, 3.63) is 291 Å². The summed E-state index contributed by atoms with van der Waals surface area (Å²) in [4.78, 5) is 0. The van der Waals surface area contributed by atoms with Crippen LogP contribution in [0.25, 0.3) is 111 Å². The van der Waals surface area contributed by atoms with Gasteiger partial charge in [0.25, 0.3) is 0 Å². The summed E-state index contributed by atoms with van der Waals surface area (Å²) in [6.07, 6.45) is 25.1. The maximum absolute atomic E-state index is 9.34. The zero-order valence-corrected chi connectivity index (χ0v) is 64.0. The Bertz CT molecular complexity index is 6290. The molecular weight excluding hydrogens is 1310 g/mol. The lowest BCUT2D eigenvalue weighted by atomic mass is 9.74. The summed E-state index contributed by atoms with van der Waals surface area (Å²) in [5.74, 6) is -1.73. The van der Waals surface area contributed by atoms with Gasteiger partial charge in [0, 0.05) is 93.7 Å². The summed E-state index contributed by atoms with van der Waals surface area (Å²) in [5, 5.41) is 2.01. The third kappa shape index (κ3) is 13.1. The van der Waals surface area contributed by atoms with Crippen LogP contribution in [-0.4, -0.2) is 0 Å². The Kier molecular flexibility index (Phi) is 15.1. The highest BCUT2D eigenvalue weighted by Crippen LogP contribution is 2.59. The van der Waals surface area contributed by atoms with Crippen molar-refractivity contribution in [1.82, 2.24) is 0 Å². The average molecular weight is 1430 g/mol. The second-order valence-electron chi connectivity index (χ2n) is 32.2. The molecule has 4 heterocycles. The lowest BCUT2D eigenvalue weighted by Crippen LogP contribution is -2.31. The minimum atomic E-state index is -2.37. The van der Waals surface area contributed by atoms with Gasteiger partial charge >= 0.3 is 0 Å². The summed E-state index contributed by atoms with van der Waals surface area (Å²) >= 11 is 0. The van der Waals surface area contributed by atoms with Crippen molar-refractivity contribution in [1.29, 1.82) is 0 Å². The Labute approximate surface area is 664 Å². The molecule has 108 heavy (non-hydrogen) atoms. The quantitative estimate of drug-likeness (QED) is 0.132. The van der Waals surface area contributed by atoms with Crippen LogP contribution in [0.2, 0.25) is 0 Å². The number of furan rings is 1. The van der Waals surface area contributed by atoms with Crippen LogP contribution in [0.1, 0.15) is 246 Å². The highest BCUT2D eigenvalue weighted by atomic mass is 16.3. The van der Waals surface area contributed by atoms with Crippen molar-refractivity contribution < 1.29 is 38.7 Å². The summed E-state index contributed by atoms with van der Waals surface area (Å²) < 4.78 is 141. The van der Waals surface area contributed by atoms with Crippen LogP contribution in [0.15, 0.2) is 223 Å². The van der Waals surface area contributed by atoms with Crippen molar-refractivity contribution in [2.75, 3.05) is 0 Å². The normalized spacial score (nSPS) is 20.8. The molecule has 6 aliphatic carbocycles. The molecule has 4 aromatic heterocycles. The maximum atomic E-state index is 9.34. The van der Waals surface area contributed by atoms with Crippen LogP contribution >= 0.6 is 0 Å². The van der Waals surface area contributed by atoms with E-state index in [1.807, 2.05) is 169 Å². The monoisotopic (exact) mass is 1430 g/mol. The van der Waals surface area contributed by atoms with E-state index in [0.717, 1.165) is 213 Å². The molecule has 0 bridgehead atoms. The van der Waals surface area contributed by atoms with Gasteiger partial charge in [0.05, 0.1) is 0 Å². The Morgan fingerprint density at radius 3 is 1.11 bits per heavy atom. The molecule has 4 heteroatoms. The van der Waals surface area contributed by atoms with Gasteiger partial charge in [0.15, 0.2) is 18.6 Å². The van der Waals surface area contributed by atoms with Crippen molar-refractivity contribution in [2.24, 2.45) is 21.1 Å². The molecule has 4 fully saturated rings. The van der Waals surface area contributed by atoms with Crippen LogP contribution in [0.5, 0.6) is 0 Å². The smallest absolute Gasteiger partial charge is 0.213 e. The van der Waals surface area contributed by atoms with Crippen LogP contribution in [0.4, 0.5) is 0 Å². The molecule has 9 aromatic carbocycles. The molecule has 1 unspecified atom stereocenters. The van der Waals surface area contributed by atoms with Gasteiger partial charge in [-0.2, -0.15) is 0 Å². The number of nitrogens with zero attached hydrogens (tertiary/aromatic N) is 3. The number of hydrogen-bond acceptors (Lipinski definition) is 1. The van der Waals surface area contributed by atoms with Crippen molar-refractivity contribution in [3.63, 3.8) is 0 Å². The molecule has 1 spiro atoms. The zero-order valence-electron chi connectivity index (χ0n) is 79.0. The number of aryl methyl sites for hydroxylation is 9. The topological polar surface area (TPSA) is 24.8 Å². The molecular formula is C104H110N3O+3. The van der Waals surface area contributed by atoms with Gasteiger partial charge in [-0.3, -0.25) is 0 Å². The molecule has 544 valence electrons. The van der Waals surface area contributed by atoms with E-state index < -0.39 is 50.5 Å². The first-order chi connectivity index (χ1) is 58.4. The van der Waals surface area contributed by atoms with Gasteiger partial charge in [0.1, 0.15) is 32.3 Å².